The van der Waals surface area contributed by atoms with Crippen molar-refractivity contribution >= 4 is 17.7 Å². The standard InChI is InChI=1S/C24H23NO6/c1-16(26)18-10-11-21(29-2)19(14-18)15-31-24(28)20(13-17-7-4-3-5-8-17)25-23(27)22-9-6-12-30-22/h3-12,14,20H,13,15H2,1-2H3,(H,25,27)/t20-/m0/s1. The lowest BCUT2D eigenvalue weighted by Crippen LogP contribution is -2.43. The summed E-state index contributed by atoms with van der Waals surface area (Å²) in [4.78, 5) is 37.0. The summed E-state index contributed by atoms with van der Waals surface area (Å²) < 4.78 is 15.9. The maximum absolute atomic E-state index is 12.9. The highest BCUT2D eigenvalue weighted by Crippen LogP contribution is 2.21. The number of amides is 1. The lowest BCUT2D eigenvalue weighted by molar-refractivity contribution is -0.147. The van der Waals surface area contributed by atoms with Crippen LogP contribution in [0.15, 0.2) is 71.3 Å². The summed E-state index contributed by atoms with van der Waals surface area (Å²) in [6.07, 6.45) is 1.63. The van der Waals surface area contributed by atoms with Gasteiger partial charge in [-0.3, -0.25) is 9.59 Å². The summed E-state index contributed by atoms with van der Waals surface area (Å²) in [6, 6.07) is 16.4. The van der Waals surface area contributed by atoms with Crippen LogP contribution in [0, 0.1) is 0 Å². The predicted molar refractivity (Wildman–Crippen MR) is 113 cm³/mol. The molecule has 0 unspecified atom stereocenters. The molecule has 0 fully saturated rings. The maximum atomic E-state index is 12.9. The molecular formula is C24H23NO6. The van der Waals surface area contributed by atoms with Crippen LogP contribution in [0.2, 0.25) is 0 Å². The Morgan fingerprint density at radius 2 is 1.81 bits per heavy atom. The summed E-state index contributed by atoms with van der Waals surface area (Å²) in [5.74, 6) is -0.639. The van der Waals surface area contributed by atoms with Gasteiger partial charge in [0.05, 0.1) is 13.4 Å². The Bertz CT molecular complexity index is 1040. The minimum atomic E-state index is -0.929. The number of Topliss-reactive ketones (excluding diaryl/α,β-unsaturated/α-hetero) is 1. The summed E-state index contributed by atoms with van der Waals surface area (Å²) >= 11 is 0. The number of nitrogens with one attached hydrogen (secondary N) is 1. The average Bonchev–Trinajstić information content (AvgIpc) is 3.32. The maximum Gasteiger partial charge on any atom is 0.329 e. The molecule has 2 aromatic carbocycles. The Morgan fingerprint density at radius 1 is 1.03 bits per heavy atom. The second-order valence-electron chi connectivity index (χ2n) is 6.88. The highest BCUT2D eigenvalue weighted by atomic mass is 16.5. The van der Waals surface area contributed by atoms with Gasteiger partial charge in [-0.05, 0) is 42.8 Å². The Kier molecular flexibility index (Phi) is 7.22. The van der Waals surface area contributed by atoms with Gasteiger partial charge in [-0.15, -0.1) is 0 Å². The lowest BCUT2D eigenvalue weighted by Gasteiger charge is -2.18. The van der Waals surface area contributed by atoms with Crippen LogP contribution in [0.1, 0.15) is 39.0 Å². The van der Waals surface area contributed by atoms with Crippen molar-refractivity contribution in [1.82, 2.24) is 5.32 Å². The summed E-state index contributed by atoms with van der Waals surface area (Å²) in [7, 11) is 1.50. The van der Waals surface area contributed by atoms with Crippen molar-refractivity contribution in [2.24, 2.45) is 0 Å². The zero-order chi connectivity index (χ0) is 22.2. The molecule has 3 rings (SSSR count). The SMILES string of the molecule is COc1ccc(C(C)=O)cc1COC(=O)[C@H](Cc1ccccc1)NC(=O)c1ccco1. The molecule has 0 bridgehead atoms. The van der Waals surface area contributed by atoms with E-state index in [9.17, 15) is 14.4 Å². The first kappa shape index (κ1) is 21.8. The van der Waals surface area contributed by atoms with Crippen LogP contribution in [-0.2, 0) is 22.6 Å². The first-order valence-electron chi connectivity index (χ1n) is 9.70. The Labute approximate surface area is 180 Å². The molecule has 0 aliphatic rings. The minimum absolute atomic E-state index is 0.0988. The quantitative estimate of drug-likeness (QED) is 0.419. The van der Waals surface area contributed by atoms with Crippen LogP contribution in [0.5, 0.6) is 5.75 Å². The number of methoxy groups -OCH3 is 1. The van der Waals surface area contributed by atoms with Gasteiger partial charge in [0.1, 0.15) is 18.4 Å². The van der Waals surface area contributed by atoms with Crippen LogP contribution < -0.4 is 10.1 Å². The van der Waals surface area contributed by atoms with E-state index in [4.69, 9.17) is 13.9 Å². The van der Waals surface area contributed by atoms with E-state index in [0.29, 0.717) is 16.9 Å². The predicted octanol–water partition coefficient (Wildman–Crippen LogP) is 3.58. The molecule has 160 valence electrons. The van der Waals surface area contributed by atoms with E-state index in [-0.39, 0.29) is 24.6 Å². The molecule has 7 nitrogen and oxygen atoms in total. The van der Waals surface area contributed by atoms with Crippen molar-refractivity contribution < 1.29 is 28.3 Å². The highest BCUT2D eigenvalue weighted by Gasteiger charge is 2.25. The van der Waals surface area contributed by atoms with Crippen LogP contribution in [-0.4, -0.2) is 30.8 Å². The highest BCUT2D eigenvalue weighted by molar-refractivity contribution is 5.95. The van der Waals surface area contributed by atoms with Crippen molar-refractivity contribution in [1.29, 1.82) is 0 Å². The van der Waals surface area contributed by atoms with E-state index in [1.165, 1.54) is 26.4 Å². The molecule has 7 heteroatoms. The van der Waals surface area contributed by atoms with Gasteiger partial charge in [0, 0.05) is 17.5 Å². The van der Waals surface area contributed by atoms with Crippen molar-refractivity contribution in [2.75, 3.05) is 7.11 Å². The van der Waals surface area contributed by atoms with Gasteiger partial charge < -0.3 is 19.2 Å². The number of furan rings is 1. The van der Waals surface area contributed by atoms with E-state index in [0.717, 1.165) is 5.56 Å². The fourth-order valence-corrected chi connectivity index (χ4v) is 3.04. The topological polar surface area (TPSA) is 94.8 Å². The number of carbonyl (C=O) groups excluding carboxylic acids is 3. The fraction of sp³-hybridized carbons (Fsp3) is 0.208. The molecule has 0 saturated heterocycles. The molecule has 31 heavy (non-hydrogen) atoms. The molecule has 0 saturated carbocycles. The van der Waals surface area contributed by atoms with E-state index in [2.05, 4.69) is 5.32 Å². The van der Waals surface area contributed by atoms with Gasteiger partial charge in [0.25, 0.3) is 5.91 Å². The second-order valence-corrected chi connectivity index (χ2v) is 6.88. The molecule has 1 atom stereocenters. The van der Waals surface area contributed by atoms with Crippen molar-refractivity contribution in [2.45, 2.75) is 26.0 Å². The number of rotatable bonds is 9. The Morgan fingerprint density at radius 3 is 2.45 bits per heavy atom. The second kappa shape index (κ2) is 10.2. The first-order chi connectivity index (χ1) is 15.0. The molecule has 1 amide bonds. The van der Waals surface area contributed by atoms with Gasteiger partial charge in [-0.2, -0.15) is 0 Å². The van der Waals surface area contributed by atoms with Gasteiger partial charge in [0.15, 0.2) is 11.5 Å². The Hall–Kier alpha value is -3.87. The van der Waals surface area contributed by atoms with Gasteiger partial charge >= 0.3 is 5.97 Å². The smallest absolute Gasteiger partial charge is 0.329 e. The third kappa shape index (κ3) is 5.82. The molecule has 0 spiro atoms. The number of carbonyl (C=O) groups is 3. The van der Waals surface area contributed by atoms with Crippen LogP contribution >= 0.6 is 0 Å². The van der Waals surface area contributed by atoms with Crippen molar-refractivity contribution in [3.05, 3.63) is 89.4 Å². The Balaban J connectivity index is 1.75. The number of ether oxygens (including phenoxy) is 2. The molecule has 1 heterocycles. The summed E-state index contributed by atoms with van der Waals surface area (Å²) in [5, 5.41) is 2.67. The molecule has 1 aromatic heterocycles. The lowest BCUT2D eigenvalue weighted by atomic mass is 10.1. The molecule has 3 aromatic rings. The third-order valence-electron chi connectivity index (χ3n) is 4.67. The molecule has 0 radical (unpaired) electrons. The number of hydrogen-bond donors (Lipinski definition) is 1. The number of hydrogen-bond acceptors (Lipinski definition) is 6. The third-order valence-corrected chi connectivity index (χ3v) is 4.67. The molecular weight excluding hydrogens is 398 g/mol. The van der Waals surface area contributed by atoms with E-state index >= 15 is 0 Å². The van der Waals surface area contributed by atoms with Crippen molar-refractivity contribution in [3.63, 3.8) is 0 Å². The van der Waals surface area contributed by atoms with Gasteiger partial charge in [-0.25, -0.2) is 4.79 Å². The normalized spacial score (nSPS) is 11.4. The van der Waals surface area contributed by atoms with Crippen molar-refractivity contribution in [3.8, 4) is 5.75 Å². The van der Waals surface area contributed by atoms with E-state index < -0.39 is 17.9 Å². The van der Waals surface area contributed by atoms with E-state index in [1.807, 2.05) is 30.3 Å². The monoisotopic (exact) mass is 421 g/mol. The summed E-state index contributed by atoms with van der Waals surface area (Å²) in [5.41, 5.74) is 1.90. The zero-order valence-electron chi connectivity index (χ0n) is 17.3. The fourth-order valence-electron chi connectivity index (χ4n) is 3.04. The van der Waals surface area contributed by atoms with E-state index in [1.54, 1.807) is 24.3 Å². The minimum Gasteiger partial charge on any atom is -0.496 e. The molecule has 1 N–H and O–H groups in total. The van der Waals surface area contributed by atoms with Crippen LogP contribution in [0.4, 0.5) is 0 Å². The van der Waals surface area contributed by atoms with Crippen LogP contribution in [0.25, 0.3) is 0 Å². The molecule has 0 aliphatic carbocycles. The zero-order valence-corrected chi connectivity index (χ0v) is 17.3. The number of esters is 1. The first-order valence-corrected chi connectivity index (χ1v) is 9.70. The van der Waals surface area contributed by atoms with Crippen LogP contribution in [0.3, 0.4) is 0 Å². The van der Waals surface area contributed by atoms with Gasteiger partial charge in [-0.1, -0.05) is 30.3 Å². The largest absolute Gasteiger partial charge is 0.496 e. The van der Waals surface area contributed by atoms with Gasteiger partial charge in [0.2, 0.25) is 0 Å². The number of ketones is 1. The number of benzene rings is 2. The summed E-state index contributed by atoms with van der Waals surface area (Å²) in [6.45, 7) is 1.35. The molecule has 0 aliphatic heterocycles. The average molecular weight is 421 g/mol.